The molecule has 1 amide bonds. The van der Waals surface area contributed by atoms with Crippen LogP contribution < -0.4 is 11.1 Å². The Bertz CT molecular complexity index is 311. The van der Waals surface area contributed by atoms with E-state index in [1.54, 1.807) is 0 Å². The van der Waals surface area contributed by atoms with Gasteiger partial charge in [0.25, 0.3) is 0 Å². The molecule has 0 aliphatic carbocycles. The number of amides is 1. The van der Waals surface area contributed by atoms with E-state index in [2.05, 4.69) is 24.1 Å². The van der Waals surface area contributed by atoms with Crippen LogP contribution in [0.25, 0.3) is 0 Å². The van der Waals surface area contributed by atoms with E-state index >= 15 is 0 Å². The average molecular weight is 314 g/mol. The maximum Gasteiger partial charge on any atom is 0.231 e. The Kier molecular flexibility index (Phi) is 7.06. The summed E-state index contributed by atoms with van der Waals surface area (Å²) in [7, 11) is 0. The molecule has 5 nitrogen and oxygen atoms in total. The number of hydrogen-bond donors (Lipinski definition) is 2. The molecule has 0 aromatic carbocycles. The van der Waals surface area contributed by atoms with Crippen molar-refractivity contribution >= 4 is 30.7 Å². The lowest BCUT2D eigenvalue weighted by molar-refractivity contribution is -0.121. The zero-order valence-electron chi connectivity index (χ0n) is 11.6. The minimum Gasteiger partial charge on any atom is -0.375 e. The van der Waals surface area contributed by atoms with Crippen LogP contribution in [0.3, 0.4) is 0 Å². The van der Waals surface area contributed by atoms with Crippen molar-refractivity contribution < 1.29 is 9.53 Å². The first-order chi connectivity index (χ1) is 7.91. The number of nitrogens with one attached hydrogen (secondary N) is 1. The van der Waals surface area contributed by atoms with Gasteiger partial charge in [0.15, 0.2) is 0 Å². The number of carbonyl (C=O) groups excluding carboxylic acids is 1. The standard InChI is InChI=1S/C12H23N3O2.2ClH/c1-11(2)8-12(3-6-17-11)9-15(5-4-14-12)7-10(13)16;;/h14H,3-9H2,1-2H3,(H2,13,16);2*1H/t12-;;/m0../s1. The fourth-order valence-electron chi connectivity index (χ4n) is 3.16. The van der Waals surface area contributed by atoms with Crippen molar-refractivity contribution in [2.24, 2.45) is 5.73 Å². The summed E-state index contributed by atoms with van der Waals surface area (Å²) in [6.45, 7) is 8.11. The highest BCUT2D eigenvalue weighted by Gasteiger charge is 2.43. The summed E-state index contributed by atoms with van der Waals surface area (Å²) < 4.78 is 5.76. The Labute approximate surface area is 127 Å². The molecule has 0 bridgehead atoms. The van der Waals surface area contributed by atoms with Crippen LogP contribution in [0.15, 0.2) is 0 Å². The van der Waals surface area contributed by atoms with Crippen LogP contribution in [-0.4, -0.2) is 54.7 Å². The Balaban J connectivity index is 0.00000162. The molecular formula is C12H25Cl2N3O2. The molecule has 19 heavy (non-hydrogen) atoms. The Morgan fingerprint density at radius 1 is 1.42 bits per heavy atom. The molecule has 1 spiro atoms. The van der Waals surface area contributed by atoms with Gasteiger partial charge >= 0.3 is 0 Å². The SMILES string of the molecule is CC1(C)C[C@@]2(CCO1)CN(CC(N)=O)CCN2.Cl.Cl. The van der Waals surface area contributed by atoms with Gasteiger partial charge in [-0.1, -0.05) is 0 Å². The molecule has 7 heteroatoms. The quantitative estimate of drug-likeness (QED) is 0.781. The summed E-state index contributed by atoms with van der Waals surface area (Å²) in [5.41, 5.74) is 5.28. The van der Waals surface area contributed by atoms with E-state index < -0.39 is 0 Å². The molecular weight excluding hydrogens is 289 g/mol. The number of ether oxygens (including phenoxy) is 1. The number of primary amides is 1. The zero-order chi connectivity index (χ0) is 12.5. The number of piperazine rings is 1. The first kappa shape index (κ1) is 18.9. The van der Waals surface area contributed by atoms with Crippen LogP contribution >= 0.6 is 24.8 Å². The Hall–Kier alpha value is -0.0700. The minimum absolute atomic E-state index is 0. The molecule has 3 N–H and O–H groups in total. The van der Waals surface area contributed by atoms with Gasteiger partial charge in [-0.25, -0.2) is 0 Å². The second-order valence-corrected chi connectivity index (χ2v) is 5.92. The van der Waals surface area contributed by atoms with E-state index in [-0.39, 0.29) is 41.9 Å². The van der Waals surface area contributed by atoms with Crippen LogP contribution in [0.5, 0.6) is 0 Å². The van der Waals surface area contributed by atoms with Crippen molar-refractivity contribution in [2.45, 2.75) is 37.8 Å². The molecule has 0 aromatic rings. The van der Waals surface area contributed by atoms with E-state index in [4.69, 9.17) is 10.5 Å². The topological polar surface area (TPSA) is 67.6 Å². The summed E-state index contributed by atoms with van der Waals surface area (Å²) in [5.74, 6) is -0.242. The van der Waals surface area contributed by atoms with Crippen molar-refractivity contribution in [3.05, 3.63) is 0 Å². The van der Waals surface area contributed by atoms with Gasteiger partial charge in [-0.2, -0.15) is 0 Å². The van der Waals surface area contributed by atoms with Crippen molar-refractivity contribution in [2.75, 3.05) is 32.8 Å². The summed E-state index contributed by atoms with van der Waals surface area (Å²) in [5, 5.41) is 3.62. The molecule has 2 heterocycles. The smallest absolute Gasteiger partial charge is 0.231 e. The van der Waals surface area contributed by atoms with Gasteiger partial charge in [0, 0.05) is 31.8 Å². The van der Waals surface area contributed by atoms with E-state index in [1.807, 2.05) is 0 Å². The van der Waals surface area contributed by atoms with E-state index in [1.165, 1.54) is 0 Å². The fraction of sp³-hybridized carbons (Fsp3) is 0.917. The highest BCUT2D eigenvalue weighted by Crippen LogP contribution is 2.33. The van der Waals surface area contributed by atoms with E-state index in [9.17, 15) is 4.79 Å². The molecule has 0 aromatic heterocycles. The third-order valence-corrected chi connectivity index (χ3v) is 3.67. The molecule has 2 saturated heterocycles. The third-order valence-electron chi connectivity index (χ3n) is 3.67. The molecule has 114 valence electrons. The Morgan fingerprint density at radius 3 is 2.68 bits per heavy atom. The lowest BCUT2D eigenvalue weighted by atomic mass is 9.80. The van der Waals surface area contributed by atoms with Gasteiger partial charge in [-0.15, -0.1) is 24.8 Å². The van der Waals surface area contributed by atoms with E-state index in [0.29, 0.717) is 6.54 Å². The lowest BCUT2D eigenvalue weighted by Crippen LogP contribution is -2.65. The molecule has 2 aliphatic rings. The van der Waals surface area contributed by atoms with Crippen LogP contribution in [0.2, 0.25) is 0 Å². The van der Waals surface area contributed by atoms with Crippen LogP contribution in [-0.2, 0) is 9.53 Å². The van der Waals surface area contributed by atoms with Crippen molar-refractivity contribution in [3.63, 3.8) is 0 Å². The summed E-state index contributed by atoms with van der Waals surface area (Å²) in [6, 6.07) is 0. The molecule has 2 fully saturated rings. The molecule has 1 atom stereocenters. The van der Waals surface area contributed by atoms with Gasteiger partial charge in [0.1, 0.15) is 0 Å². The second-order valence-electron chi connectivity index (χ2n) is 5.92. The highest BCUT2D eigenvalue weighted by atomic mass is 35.5. The van der Waals surface area contributed by atoms with Gasteiger partial charge < -0.3 is 15.8 Å². The first-order valence-corrected chi connectivity index (χ1v) is 6.31. The molecule has 2 aliphatic heterocycles. The Morgan fingerprint density at radius 2 is 2.11 bits per heavy atom. The predicted molar refractivity (Wildman–Crippen MR) is 80.1 cm³/mol. The number of rotatable bonds is 2. The van der Waals surface area contributed by atoms with Crippen LogP contribution in [0.1, 0.15) is 26.7 Å². The predicted octanol–water partition coefficient (Wildman–Crippen LogP) is 0.548. The minimum atomic E-state index is -0.242. The monoisotopic (exact) mass is 313 g/mol. The second kappa shape index (κ2) is 7.09. The lowest BCUT2D eigenvalue weighted by Gasteiger charge is -2.50. The molecule has 2 rings (SSSR count). The first-order valence-electron chi connectivity index (χ1n) is 6.31. The third kappa shape index (κ3) is 5.08. The largest absolute Gasteiger partial charge is 0.375 e. The summed E-state index contributed by atoms with van der Waals surface area (Å²) in [6.07, 6.45) is 1.99. The highest BCUT2D eigenvalue weighted by molar-refractivity contribution is 5.85. The van der Waals surface area contributed by atoms with Gasteiger partial charge in [-0.05, 0) is 26.7 Å². The zero-order valence-corrected chi connectivity index (χ0v) is 13.2. The maximum absolute atomic E-state index is 11.0. The number of carbonyl (C=O) groups is 1. The normalized spacial score (nSPS) is 30.2. The van der Waals surface area contributed by atoms with Gasteiger partial charge in [-0.3, -0.25) is 9.69 Å². The van der Waals surface area contributed by atoms with Crippen LogP contribution in [0.4, 0.5) is 0 Å². The average Bonchev–Trinajstić information content (AvgIpc) is 2.13. The van der Waals surface area contributed by atoms with E-state index in [0.717, 1.165) is 39.1 Å². The molecule has 0 saturated carbocycles. The number of halogens is 2. The van der Waals surface area contributed by atoms with Crippen molar-refractivity contribution in [1.29, 1.82) is 0 Å². The summed E-state index contributed by atoms with van der Waals surface area (Å²) >= 11 is 0. The summed E-state index contributed by atoms with van der Waals surface area (Å²) in [4.78, 5) is 13.2. The number of nitrogens with two attached hydrogens (primary N) is 1. The van der Waals surface area contributed by atoms with Crippen LogP contribution in [0, 0.1) is 0 Å². The maximum atomic E-state index is 11.0. The fourth-order valence-corrected chi connectivity index (χ4v) is 3.16. The van der Waals surface area contributed by atoms with Gasteiger partial charge in [0.2, 0.25) is 5.91 Å². The van der Waals surface area contributed by atoms with Crippen molar-refractivity contribution in [1.82, 2.24) is 10.2 Å². The number of nitrogens with zero attached hydrogens (tertiary/aromatic N) is 1. The molecule has 0 radical (unpaired) electrons. The number of hydrogen-bond acceptors (Lipinski definition) is 4. The molecule has 0 unspecified atom stereocenters. The van der Waals surface area contributed by atoms with Gasteiger partial charge in [0.05, 0.1) is 12.1 Å². The van der Waals surface area contributed by atoms with Crippen molar-refractivity contribution in [3.8, 4) is 0 Å².